The van der Waals surface area contributed by atoms with E-state index in [2.05, 4.69) is 29.3 Å². The van der Waals surface area contributed by atoms with E-state index in [0.717, 1.165) is 28.6 Å². The molecule has 1 aliphatic rings. The van der Waals surface area contributed by atoms with Gasteiger partial charge in [-0.1, -0.05) is 42.5 Å². The second-order valence-electron chi connectivity index (χ2n) is 6.78. The van der Waals surface area contributed by atoms with Crippen molar-refractivity contribution in [1.82, 2.24) is 0 Å². The van der Waals surface area contributed by atoms with Gasteiger partial charge in [0, 0.05) is 30.2 Å². The molecule has 2 N–H and O–H groups in total. The minimum absolute atomic E-state index is 0.261. The van der Waals surface area contributed by atoms with Crippen molar-refractivity contribution in [3.8, 4) is 5.75 Å². The molecule has 3 aromatic rings. The molecule has 0 atom stereocenters. The van der Waals surface area contributed by atoms with Crippen LogP contribution in [-0.2, 0) is 6.54 Å². The summed E-state index contributed by atoms with van der Waals surface area (Å²) < 4.78 is 0. The smallest absolute Gasteiger partial charge is 0.124 e. The summed E-state index contributed by atoms with van der Waals surface area (Å²) in [6, 6.07) is 20.1. The number of fused-ring (bicyclic) bond motifs is 1. The molecule has 0 radical (unpaired) electrons. The molecule has 25 heavy (non-hydrogen) atoms. The maximum Gasteiger partial charge on any atom is 0.124 e. The van der Waals surface area contributed by atoms with Crippen LogP contribution in [0.15, 0.2) is 65.7 Å². The van der Waals surface area contributed by atoms with Gasteiger partial charge in [0.1, 0.15) is 12.3 Å². The average molecular weight is 331 g/mol. The zero-order valence-corrected chi connectivity index (χ0v) is 14.3. The molecule has 0 amide bonds. The van der Waals surface area contributed by atoms with E-state index < -0.39 is 0 Å². The molecule has 1 saturated heterocycles. The number of benzene rings is 3. The molecule has 0 aliphatic carbocycles. The van der Waals surface area contributed by atoms with Crippen molar-refractivity contribution in [1.29, 1.82) is 0 Å². The fraction of sp³-hybridized carbons (Fsp3) is 0.227. The summed E-state index contributed by atoms with van der Waals surface area (Å²) >= 11 is 0. The Morgan fingerprint density at radius 1 is 0.920 bits per heavy atom. The van der Waals surface area contributed by atoms with Gasteiger partial charge in [0.05, 0.1) is 18.8 Å². The average Bonchev–Trinajstić information content (AvgIpc) is 3.15. The summed E-state index contributed by atoms with van der Waals surface area (Å²) in [5, 5.41) is 12.3. The monoisotopic (exact) mass is 331 g/mol. The second-order valence-corrected chi connectivity index (χ2v) is 6.78. The Morgan fingerprint density at radius 2 is 1.68 bits per heavy atom. The molecular formula is C22H23N2O+. The summed E-state index contributed by atoms with van der Waals surface area (Å²) in [6.45, 7) is 3.69. The zero-order valence-electron chi connectivity index (χ0n) is 14.3. The second kappa shape index (κ2) is 7.08. The van der Waals surface area contributed by atoms with E-state index >= 15 is 0 Å². The highest BCUT2D eigenvalue weighted by Gasteiger charge is 2.15. The third kappa shape index (κ3) is 3.57. The van der Waals surface area contributed by atoms with Gasteiger partial charge in [-0.15, -0.1) is 0 Å². The minimum atomic E-state index is 0.261. The van der Waals surface area contributed by atoms with E-state index in [0.29, 0.717) is 0 Å². The van der Waals surface area contributed by atoms with E-state index in [9.17, 15) is 5.11 Å². The van der Waals surface area contributed by atoms with Gasteiger partial charge in [0.2, 0.25) is 0 Å². The summed E-state index contributed by atoms with van der Waals surface area (Å²) in [6.07, 6.45) is 4.47. The molecule has 1 heterocycles. The summed E-state index contributed by atoms with van der Waals surface area (Å²) in [4.78, 5) is 6.25. The number of hydrogen-bond donors (Lipinski definition) is 2. The molecule has 1 aliphatic heterocycles. The molecule has 3 heteroatoms. The fourth-order valence-corrected chi connectivity index (χ4v) is 3.60. The van der Waals surface area contributed by atoms with Gasteiger partial charge < -0.3 is 10.0 Å². The molecule has 0 aromatic heterocycles. The third-order valence-corrected chi connectivity index (χ3v) is 4.99. The fourth-order valence-electron chi connectivity index (χ4n) is 3.60. The lowest BCUT2D eigenvalue weighted by atomic mass is 10.0. The van der Waals surface area contributed by atoms with Crippen LogP contribution in [0.2, 0.25) is 0 Å². The number of phenols is 1. The van der Waals surface area contributed by atoms with Crippen molar-refractivity contribution in [2.45, 2.75) is 19.4 Å². The van der Waals surface area contributed by atoms with Gasteiger partial charge in [-0.05, 0) is 29.0 Å². The SMILES string of the molecule is Oc1ccc2ccccc2c1C=Nc1ccc(C[NH+]2CCCC2)cc1. The van der Waals surface area contributed by atoms with Gasteiger partial charge in [0.25, 0.3) is 0 Å². The van der Waals surface area contributed by atoms with E-state index in [4.69, 9.17) is 0 Å². The van der Waals surface area contributed by atoms with Crippen molar-refractivity contribution in [3.05, 3.63) is 71.8 Å². The quantitative estimate of drug-likeness (QED) is 0.706. The largest absolute Gasteiger partial charge is 0.507 e. The molecule has 0 saturated carbocycles. The van der Waals surface area contributed by atoms with E-state index in [1.807, 2.05) is 30.3 Å². The normalized spacial score (nSPS) is 15.4. The topological polar surface area (TPSA) is 37.0 Å². The van der Waals surface area contributed by atoms with Crippen LogP contribution in [0.25, 0.3) is 10.8 Å². The lowest BCUT2D eigenvalue weighted by Crippen LogP contribution is -3.08. The number of hydrogen-bond acceptors (Lipinski definition) is 2. The van der Waals surface area contributed by atoms with Crippen LogP contribution in [0.5, 0.6) is 5.75 Å². The van der Waals surface area contributed by atoms with E-state index in [-0.39, 0.29) is 5.75 Å². The zero-order chi connectivity index (χ0) is 17.1. The molecule has 0 unspecified atom stereocenters. The van der Waals surface area contributed by atoms with Gasteiger partial charge in [0.15, 0.2) is 0 Å². The molecule has 3 nitrogen and oxygen atoms in total. The first-order chi connectivity index (χ1) is 12.3. The van der Waals surface area contributed by atoms with Crippen LogP contribution in [0.3, 0.4) is 0 Å². The third-order valence-electron chi connectivity index (χ3n) is 4.99. The highest BCUT2D eigenvalue weighted by atomic mass is 16.3. The Labute approximate surface area is 148 Å². The highest BCUT2D eigenvalue weighted by Crippen LogP contribution is 2.26. The molecular weight excluding hydrogens is 308 g/mol. The Kier molecular flexibility index (Phi) is 4.49. The standard InChI is InChI=1S/C22H22N2O/c25-22-12-9-18-5-1-2-6-20(18)21(22)15-23-19-10-7-17(8-11-19)16-24-13-3-4-14-24/h1-2,5-12,15,25H,3-4,13-14,16H2/p+1. The number of aromatic hydroxyl groups is 1. The lowest BCUT2D eigenvalue weighted by Gasteiger charge is -2.11. The molecule has 126 valence electrons. The first-order valence-corrected chi connectivity index (χ1v) is 8.97. The summed E-state index contributed by atoms with van der Waals surface area (Å²) in [7, 11) is 0. The summed E-state index contributed by atoms with van der Waals surface area (Å²) in [5.41, 5.74) is 3.04. The lowest BCUT2D eigenvalue weighted by molar-refractivity contribution is -0.901. The number of nitrogens with one attached hydrogen (secondary N) is 1. The maximum atomic E-state index is 10.2. The number of nitrogens with zero attached hydrogens (tertiary/aromatic N) is 1. The molecule has 0 spiro atoms. The predicted octanol–water partition coefficient (Wildman–Crippen LogP) is 3.47. The Hall–Kier alpha value is -2.65. The molecule has 4 rings (SSSR count). The Morgan fingerprint density at radius 3 is 2.48 bits per heavy atom. The van der Waals surface area contributed by atoms with Crippen molar-refractivity contribution >= 4 is 22.7 Å². The predicted molar refractivity (Wildman–Crippen MR) is 103 cm³/mol. The van der Waals surface area contributed by atoms with Crippen molar-refractivity contribution in [2.24, 2.45) is 4.99 Å². The molecule has 3 aromatic carbocycles. The molecule has 0 bridgehead atoms. The van der Waals surface area contributed by atoms with Crippen LogP contribution in [0.4, 0.5) is 5.69 Å². The van der Waals surface area contributed by atoms with Crippen molar-refractivity contribution < 1.29 is 10.0 Å². The first-order valence-electron chi connectivity index (χ1n) is 8.97. The van der Waals surface area contributed by atoms with E-state index in [1.165, 1.54) is 31.5 Å². The van der Waals surface area contributed by atoms with Crippen molar-refractivity contribution in [3.63, 3.8) is 0 Å². The number of phenolic OH excluding ortho intramolecular Hbond substituents is 1. The van der Waals surface area contributed by atoms with Crippen LogP contribution in [0.1, 0.15) is 24.0 Å². The highest BCUT2D eigenvalue weighted by molar-refractivity contribution is 6.02. The van der Waals surface area contributed by atoms with Gasteiger partial charge >= 0.3 is 0 Å². The number of quaternary nitrogens is 1. The van der Waals surface area contributed by atoms with Crippen LogP contribution in [-0.4, -0.2) is 24.4 Å². The number of rotatable bonds is 4. The summed E-state index contributed by atoms with van der Waals surface area (Å²) in [5.74, 6) is 0.261. The maximum absolute atomic E-state index is 10.2. The minimum Gasteiger partial charge on any atom is -0.507 e. The van der Waals surface area contributed by atoms with Gasteiger partial charge in [-0.2, -0.15) is 0 Å². The van der Waals surface area contributed by atoms with E-state index in [1.54, 1.807) is 17.2 Å². The van der Waals surface area contributed by atoms with Crippen LogP contribution in [0, 0.1) is 0 Å². The van der Waals surface area contributed by atoms with Gasteiger partial charge in [-0.3, -0.25) is 4.99 Å². The first kappa shape index (κ1) is 15.9. The van der Waals surface area contributed by atoms with Crippen LogP contribution < -0.4 is 4.90 Å². The number of aliphatic imine (C=N–C) groups is 1. The Balaban J connectivity index is 1.55. The van der Waals surface area contributed by atoms with Crippen LogP contribution >= 0.6 is 0 Å². The number of likely N-dealkylation sites (tertiary alicyclic amines) is 1. The van der Waals surface area contributed by atoms with Gasteiger partial charge in [-0.25, -0.2) is 0 Å². The Bertz CT molecular complexity index is 894. The molecule has 1 fully saturated rings. The van der Waals surface area contributed by atoms with Crippen molar-refractivity contribution in [2.75, 3.05) is 13.1 Å².